The quantitative estimate of drug-likeness (QED) is 0.643. The minimum Gasteiger partial charge on any atom is -0.348 e. The largest absolute Gasteiger partial charge is 0.348 e. The molecule has 1 N–H and O–H groups in total. The molecular formula is C8H9N5. The van der Waals surface area contributed by atoms with Gasteiger partial charge in [0.1, 0.15) is 17.4 Å². The van der Waals surface area contributed by atoms with Gasteiger partial charge in [0.2, 0.25) is 0 Å². The van der Waals surface area contributed by atoms with Gasteiger partial charge < -0.3 is 4.90 Å². The fraction of sp³-hybridized carbons (Fsp3) is 0.375. The standard InChI is InChI=1S/C8H9N5/c1-5-3-13(5)8-7-6(2-11-12-7)9-4-10-8/h2,4-5H,3H2,1H3,(H,11,12). The van der Waals surface area contributed by atoms with E-state index in [1.54, 1.807) is 12.5 Å². The summed E-state index contributed by atoms with van der Waals surface area (Å²) in [7, 11) is 0. The highest BCUT2D eigenvalue weighted by atomic mass is 15.4. The topological polar surface area (TPSA) is 57.5 Å². The maximum atomic E-state index is 4.24. The SMILES string of the molecule is CC1CN1c1ncnc2cn[nH]c12. The first-order valence-corrected chi connectivity index (χ1v) is 4.27. The number of hydrogen-bond acceptors (Lipinski definition) is 4. The maximum absolute atomic E-state index is 4.24. The summed E-state index contributed by atoms with van der Waals surface area (Å²) >= 11 is 0. The molecule has 5 heteroatoms. The second-order valence-corrected chi connectivity index (χ2v) is 3.33. The van der Waals surface area contributed by atoms with E-state index in [1.165, 1.54) is 0 Å². The molecule has 1 fully saturated rings. The molecule has 66 valence electrons. The summed E-state index contributed by atoms with van der Waals surface area (Å²) in [5.74, 6) is 0.968. The maximum Gasteiger partial charge on any atom is 0.158 e. The van der Waals surface area contributed by atoms with Crippen LogP contribution in [0.5, 0.6) is 0 Å². The molecule has 0 amide bonds. The molecule has 13 heavy (non-hydrogen) atoms. The van der Waals surface area contributed by atoms with Gasteiger partial charge in [-0.3, -0.25) is 5.10 Å². The normalized spacial score (nSPS) is 21.0. The van der Waals surface area contributed by atoms with E-state index in [2.05, 4.69) is 32.0 Å². The fourth-order valence-electron chi connectivity index (χ4n) is 1.50. The number of aromatic amines is 1. The lowest BCUT2D eigenvalue weighted by Gasteiger charge is -2.01. The number of fused-ring (bicyclic) bond motifs is 1. The van der Waals surface area contributed by atoms with E-state index < -0.39 is 0 Å². The van der Waals surface area contributed by atoms with Crippen LogP contribution in [-0.4, -0.2) is 32.8 Å². The predicted octanol–water partition coefficient (Wildman–Crippen LogP) is 0.561. The molecule has 0 spiro atoms. The van der Waals surface area contributed by atoms with Crippen molar-refractivity contribution in [1.82, 2.24) is 20.2 Å². The Balaban J connectivity index is 2.22. The second-order valence-electron chi connectivity index (χ2n) is 3.33. The second kappa shape index (κ2) is 2.18. The molecule has 3 heterocycles. The summed E-state index contributed by atoms with van der Waals surface area (Å²) in [5, 5.41) is 6.86. The van der Waals surface area contributed by atoms with Gasteiger partial charge >= 0.3 is 0 Å². The van der Waals surface area contributed by atoms with Crippen molar-refractivity contribution in [3.05, 3.63) is 12.5 Å². The van der Waals surface area contributed by atoms with Crippen LogP contribution in [0.4, 0.5) is 5.82 Å². The third kappa shape index (κ3) is 0.898. The van der Waals surface area contributed by atoms with Crippen molar-refractivity contribution in [1.29, 1.82) is 0 Å². The van der Waals surface area contributed by atoms with Gasteiger partial charge in [-0.2, -0.15) is 5.10 Å². The molecule has 5 nitrogen and oxygen atoms in total. The molecule has 2 aromatic heterocycles. The Kier molecular flexibility index (Phi) is 1.15. The molecule has 0 aromatic carbocycles. The van der Waals surface area contributed by atoms with Gasteiger partial charge in [0.05, 0.1) is 6.20 Å². The molecule has 1 saturated heterocycles. The zero-order valence-electron chi connectivity index (χ0n) is 7.23. The molecule has 0 aliphatic carbocycles. The first-order chi connectivity index (χ1) is 6.36. The van der Waals surface area contributed by atoms with Crippen LogP contribution in [-0.2, 0) is 0 Å². The molecule has 3 rings (SSSR count). The smallest absolute Gasteiger partial charge is 0.158 e. The molecule has 1 aliphatic heterocycles. The third-order valence-corrected chi connectivity index (χ3v) is 2.35. The fourth-order valence-corrected chi connectivity index (χ4v) is 1.50. The number of nitrogens with zero attached hydrogens (tertiary/aromatic N) is 4. The Morgan fingerprint density at radius 1 is 1.54 bits per heavy atom. The van der Waals surface area contributed by atoms with Crippen molar-refractivity contribution in [3.8, 4) is 0 Å². The van der Waals surface area contributed by atoms with E-state index in [9.17, 15) is 0 Å². The summed E-state index contributed by atoms with van der Waals surface area (Å²) < 4.78 is 0. The van der Waals surface area contributed by atoms with Crippen molar-refractivity contribution in [2.24, 2.45) is 0 Å². The molecule has 2 aromatic rings. The molecule has 0 bridgehead atoms. The highest BCUT2D eigenvalue weighted by molar-refractivity contribution is 5.86. The van der Waals surface area contributed by atoms with Gasteiger partial charge in [0.25, 0.3) is 0 Å². The summed E-state index contributed by atoms with van der Waals surface area (Å²) in [5.41, 5.74) is 1.82. The Morgan fingerprint density at radius 2 is 2.38 bits per heavy atom. The van der Waals surface area contributed by atoms with Crippen molar-refractivity contribution < 1.29 is 0 Å². The van der Waals surface area contributed by atoms with Gasteiger partial charge in [-0.1, -0.05) is 0 Å². The number of hydrogen-bond donors (Lipinski definition) is 1. The number of aromatic nitrogens is 4. The van der Waals surface area contributed by atoms with Crippen molar-refractivity contribution in [3.63, 3.8) is 0 Å². The van der Waals surface area contributed by atoms with Gasteiger partial charge in [-0.05, 0) is 6.92 Å². The minimum absolute atomic E-state index is 0.599. The van der Waals surface area contributed by atoms with Crippen LogP contribution in [0.15, 0.2) is 12.5 Å². The highest BCUT2D eigenvalue weighted by Gasteiger charge is 2.32. The zero-order valence-corrected chi connectivity index (χ0v) is 7.23. The Labute approximate surface area is 74.8 Å². The average molecular weight is 175 g/mol. The van der Waals surface area contributed by atoms with Gasteiger partial charge in [0, 0.05) is 12.6 Å². The Bertz CT molecular complexity index is 448. The molecule has 0 radical (unpaired) electrons. The minimum atomic E-state index is 0.599. The van der Waals surface area contributed by atoms with E-state index in [1.807, 2.05) is 0 Å². The Hall–Kier alpha value is -1.65. The van der Waals surface area contributed by atoms with Crippen LogP contribution >= 0.6 is 0 Å². The monoisotopic (exact) mass is 175 g/mol. The van der Waals surface area contributed by atoms with E-state index in [0.717, 1.165) is 23.4 Å². The van der Waals surface area contributed by atoms with Crippen molar-refractivity contribution >= 4 is 16.9 Å². The van der Waals surface area contributed by atoms with Gasteiger partial charge in [0.15, 0.2) is 5.82 Å². The van der Waals surface area contributed by atoms with Crippen LogP contribution in [0.1, 0.15) is 6.92 Å². The lowest BCUT2D eigenvalue weighted by atomic mass is 10.4. The summed E-state index contributed by atoms with van der Waals surface area (Å²) in [4.78, 5) is 10.6. The van der Waals surface area contributed by atoms with Crippen molar-refractivity contribution in [2.75, 3.05) is 11.4 Å². The number of anilines is 1. The van der Waals surface area contributed by atoms with Crippen LogP contribution in [0.3, 0.4) is 0 Å². The number of H-pyrrole nitrogens is 1. The zero-order chi connectivity index (χ0) is 8.84. The molecule has 0 saturated carbocycles. The number of nitrogens with one attached hydrogen (secondary N) is 1. The van der Waals surface area contributed by atoms with Crippen LogP contribution < -0.4 is 4.90 Å². The van der Waals surface area contributed by atoms with Crippen LogP contribution in [0.2, 0.25) is 0 Å². The van der Waals surface area contributed by atoms with Crippen LogP contribution in [0, 0.1) is 0 Å². The first-order valence-electron chi connectivity index (χ1n) is 4.27. The highest BCUT2D eigenvalue weighted by Crippen LogP contribution is 2.29. The summed E-state index contributed by atoms with van der Waals surface area (Å²) in [6.07, 6.45) is 3.30. The van der Waals surface area contributed by atoms with Crippen LogP contribution in [0.25, 0.3) is 11.0 Å². The summed E-state index contributed by atoms with van der Waals surface area (Å²) in [6, 6.07) is 0.599. The van der Waals surface area contributed by atoms with Gasteiger partial charge in [-0.15, -0.1) is 0 Å². The molecule has 1 atom stereocenters. The average Bonchev–Trinajstić information content (AvgIpc) is 2.66. The van der Waals surface area contributed by atoms with E-state index in [-0.39, 0.29) is 0 Å². The molecular weight excluding hydrogens is 166 g/mol. The van der Waals surface area contributed by atoms with E-state index >= 15 is 0 Å². The molecule has 1 unspecified atom stereocenters. The van der Waals surface area contributed by atoms with E-state index in [4.69, 9.17) is 0 Å². The first kappa shape index (κ1) is 6.82. The van der Waals surface area contributed by atoms with Gasteiger partial charge in [-0.25, -0.2) is 9.97 Å². The molecule has 1 aliphatic rings. The van der Waals surface area contributed by atoms with E-state index in [0.29, 0.717) is 6.04 Å². The predicted molar refractivity (Wildman–Crippen MR) is 48.5 cm³/mol. The Morgan fingerprint density at radius 3 is 3.15 bits per heavy atom. The lowest BCUT2D eigenvalue weighted by molar-refractivity contribution is 1.08. The summed E-state index contributed by atoms with van der Waals surface area (Å²) in [6.45, 7) is 3.25. The third-order valence-electron chi connectivity index (χ3n) is 2.35. The lowest BCUT2D eigenvalue weighted by Crippen LogP contribution is -1.99. The van der Waals surface area contributed by atoms with Crippen molar-refractivity contribution in [2.45, 2.75) is 13.0 Å². The number of rotatable bonds is 1.